The SMILES string of the molecule is CCC(C)N=C1CC(CC)C(C)C(C)=CC1=N. The summed E-state index contributed by atoms with van der Waals surface area (Å²) in [5.41, 5.74) is 2.97. The fourth-order valence-electron chi connectivity index (χ4n) is 2.33. The van der Waals surface area contributed by atoms with Gasteiger partial charge in [0.25, 0.3) is 0 Å². The van der Waals surface area contributed by atoms with Gasteiger partial charge in [0.1, 0.15) is 0 Å². The Morgan fingerprint density at radius 2 is 2.12 bits per heavy atom. The molecule has 0 aliphatic heterocycles. The molecule has 96 valence electrons. The average molecular weight is 234 g/mol. The van der Waals surface area contributed by atoms with E-state index in [4.69, 9.17) is 10.4 Å². The summed E-state index contributed by atoms with van der Waals surface area (Å²) in [6.45, 7) is 10.9. The Morgan fingerprint density at radius 3 is 2.65 bits per heavy atom. The summed E-state index contributed by atoms with van der Waals surface area (Å²) >= 11 is 0. The van der Waals surface area contributed by atoms with Crippen LogP contribution < -0.4 is 0 Å². The van der Waals surface area contributed by atoms with E-state index in [1.54, 1.807) is 0 Å². The van der Waals surface area contributed by atoms with Crippen molar-refractivity contribution in [3.63, 3.8) is 0 Å². The Kier molecular flexibility index (Phi) is 5.10. The highest BCUT2D eigenvalue weighted by Crippen LogP contribution is 2.29. The van der Waals surface area contributed by atoms with Crippen LogP contribution in [0.15, 0.2) is 16.6 Å². The summed E-state index contributed by atoms with van der Waals surface area (Å²) in [6.07, 6.45) is 5.20. The standard InChI is InChI=1S/C15H26N2/c1-6-11(4)17-15-9-13(7-2)12(5)10(3)8-14(15)16/h8,11-13,16H,6-7,9H2,1-5H3. The Balaban J connectivity index is 3.01. The molecule has 0 aromatic heterocycles. The van der Waals surface area contributed by atoms with Gasteiger partial charge in [0.05, 0.1) is 11.4 Å². The average Bonchev–Trinajstić information content (AvgIpc) is 2.40. The molecule has 0 radical (unpaired) electrons. The molecule has 1 N–H and O–H groups in total. The Hall–Kier alpha value is -0.920. The second kappa shape index (κ2) is 6.13. The van der Waals surface area contributed by atoms with Gasteiger partial charge >= 0.3 is 0 Å². The van der Waals surface area contributed by atoms with Crippen molar-refractivity contribution in [2.24, 2.45) is 16.8 Å². The third-order valence-electron chi connectivity index (χ3n) is 4.06. The van der Waals surface area contributed by atoms with E-state index in [0.29, 0.717) is 23.6 Å². The summed E-state index contributed by atoms with van der Waals surface area (Å²) in [7, 11) is 0. The third-order valence-corrected chi connectivity index (χ3v) is 4.06. The highest BCUT2D eigenvalue weighted by atomic mass is 14.8. The molecule has 0 heterocycles. The molecule has 1 aliphatic carbocycles. The molecule has 0 aromatic rings. The van der Waals surface area contributed by atoms with Crippen LogP contribution in [0.3, 0.4) is 0 Å². The lowest BCUT2D eigenvalue weighted by Gasteiger charge is -2.21. The maximum absolute atomic E-state index is 8.13. The summed E-state index contributed by atoms with van der Waals surface area (Å²) in [5, 5.41) is 8.13. The molecule has 17 heavy (non-hydrogen) atoms. The zero-order valence-corrected chi connectivity index (χ0v) is 11.9. The fourth-order valence-corrected chi connectivity index (χ4v) is 2.33. The van der Waals surface area contributed by atoms with Crippen molar-refractivity contribution >= 4 is 11.4 Å². The van der Waals surface area contributed by atoms with Crippen LogP contribution in [-0.2, 0) is 0 Å². The van der Waals surface area contributed by atoms with E-state index < -0.39 is 0 Å². The highest BCUT2D eigenvalue weighted by Gasteiger charge is 2.24. The largest absolute Gasteiger partial charge is 0.299 e. The zero-order valence-electron chi connectivity index (χ0n) is 11.9. The zero-order chi connectivity index (χ0) is 13.0. The summed E-state index contributed by atoms with van der Waals surface area (Å²) < 4.78 is 0. The second-order valence-electron chi connectivity index (χ2n) is 5.30. The molecule has 0 bridgehead atoms. The minimum absolute atomic E-state index is 0.338. The van der Waals surface area contributed by atoms with E-state index >= 15 is 0 Å². The van der Waals surface area contributed by atoms with E-state index in [2.05, 4.69) is 34.6 Å². The van der Waals surface area contributed by atoms with Gasteiger partial charge in [-0.25, -0.2) is 0 Å². The van der Waals surface area contributed by atoms with Crippen molar-refractivity contribution in [3.8, 4) is 0 Å². The van der Waals surface area contributed by atoms with E-state index in [1.807, 2.05) is 6.08 Å². The lowest BCUT2D eigenvalue weighted by Crippen LogP contribution is -2.18. The predicted molar refractivity (Wildman–Crippen MR) is 76.2 cm³/mol. The molecule has 0 aromatic carbocycles. The van der Waals surface area contributed by atoms with Crippen LogP contribution in [0.5, 0.6) is 0 Å². The van der Waals surface area contributed by atoms with Crippen LogP contribution in [0.2, 0.25) is 0 Å². The van der Waals surface area contributed by atoms with E-state index in [1.165, 1.54) is 12.0 Å². The minimum atomic E-state index is 0.338. The van der Waals surface area contributed by atoms with Crippen LogP contribution in [0.1, 0.15) is 53.9 Å². The van der Waals surface area contributed by atoms with E-state index in [0.717, 1.165) is 18.6 Å². The van der Waals surface area contributed by atoms with Crippen LogP contribution in [-0.4, -0.2) is 17.5 Å². The molecule has 2 heteroatoms. The normalized spacial score (nSPS) is 30.1. The first kappa shape index (κ1) is 14.1. The van der Waals surface area contributed by atoms with E-state index in [9.17, 15) is 0 Å². The van der Waals surface area contributed by atoms with Crippen molar-refractivity contribution < 1.29 is 0 Å². The number of aliphatic imine (C=N–C) groups is 1. The molecule has 0 spiro atoms. The van der Waals surface area contributed by atoms with Crippen LogP contribution in [0.4, 0.5) is 0 Å². The molecular weight excluding hydrogens is 208 g/mol. The Morgan fingerprint density at radius 1 is 1.47 bits per heavy atom. The van der Waals surface area contributed by atoms with Gasteiger partial charge in [-0.3, -0.25) is 10.4 Å². The Labute approximate surface area is 106 Å². The lowest BCUT2D eigenvalue weighted by atomic mass is 9.85. The van der Waals surface area contributed by atoms with Crippen LogP contribution >= 0.6 is 0 Å². The van der Waals surface area contributed by atoms with Gasteiger partial charge in [-0.05, 0) is 44.6 Å². The van der Waals surface area contributed by atoms with Crippen molar-refractivity contribution in [3.05, 3.63) is 11.6 Å². The summed E-state index contributed by atoms with van der Waals surface area (Å²) in [5.74, 6) is 1.21. The van der Waals surface area contributed by atoms with Gasteiger partial charge in [0, 0.05) is 6.04 Å². The number of nitrogens with zero attached hydrogens (tertiary/aromatic N) is 1. The molecule has 3 atom stereocenters. The minimum Gasteiger partial charge on any atom is -0.299 e. The maximum Gasteiger partial charge on any atom is 0.0750 e. The second-order valence-corrected chi connectivity index (χ2v) is 5.30. The Bertz CT molecular complexity index is 339. The number of rotatable bonds is 3. The van der Waals surface area contributed by atoms with Gasteiger partial charge in [-0.1, -0.05) is 32.8 Å². The first-order valence-corrected chi connectivity index (χ1v) is 6.83. The maximum atomic E-state index is 8.13. The first-order chi connectivity index (χ1) is 7.99. The monoisotopic (exact) mass is 234 g/mol. The van der Waals surface area contributed by atoms with Gasteiger partial charge in [-0.2, -0.15) is 0 Å². The molecular formula is C15H26N2. The molecule has 1 aliphatic rings. The molecule has 1 rings (SSSR count). The van der Waals surface area contributed by atoms with Gasteiger partial charge < -0.3 is 0 Å². The molecule has 0 fully saturated rings. The molecule has 0 amide bonds. The van der Waals surface area contributed by atoms with Gasteiger partial charge in [0.15, 0.2) is 0 Å². The predicted octanol–water partition coefficient (Wildman–Crippen LogP) is 4.26. The molecule has 0 saturated heterocycles. The van der Waals surface area contributed by atoms with Gasteiger partial charge in [0.2, 0.25) is 0 Å². The van der Waals surface area contributed by atoms with Gasteiger partial charge in [-0.15, -0.1) is 0 Å². The molecule has 2 nitrogen and oxygen atoms in total. The lowest BCUT2D eigenvalue weighted by molar-refractivity contribution is 0.406. The van der Waals surface area contributed by atoms with Crippen molar-refractivity contribution in [1.82, 2.24) is 0 Å². The van der Waals surface area contributed by atoms with Crippen LogP contribution in [0.25, 0.3) is 0 Å². The smallest absolute Gasteiger partial charge is 0.0750 e. The number of allylic oxidation sites excluding steroid dienone is 2. The fraction of sp³-hybridized carbons (Fsp3) is 0.733. The topological polar surface area (TPSA) is 36.2 Å². The molecule has 3 unspecified atom stereocenters. The van der Waals surface area contributed by atoms with E-state index in [-0.39, 0.29) is 0 Å². The van der Waals surface area contributed by atoms with Crippen molar-refractivity contribution in [1.29, 1.82) is 5.41 Å². The summed E-state index contributed by atoms with van der Waals surface area (Å²) in [6, 6.07) is 0.338. The number of hydrogen-bond acceptors (Lipinski definition) is 2. The van der Waals surface area contributed by atoms with Crippen LogP contribution in [0, 0.1) is 17.2 Å². The van der Waals surface area contributed by atoms with Crippen molar-refractivity contribution in [2.45, 2.75) is 59.9 Å². The first-order valence-electron chi connectivity index (χ1n) is 6.83. The number of hydrogen-bond donors (Lipinski definition) is 1. The number of nitrogens with one attached hydrogen (secondary N) is 1. The molecule has 0 saturated carbocycles. The quantitative estimate of drug-likeness (QED) is 0.757. The highest BCUT2D eigenvalue weighted by molar-refractivity contribution is 6.45. The third kappa shape index (κ3) is 3.52. The van der Waals surface area contributed by atoms with Crippen molar-refractivity contribution in [2.75, 3.05) is 0 Å². The summed E-state index contributed by atoms with van der Waals surface area (Å²) in [4.78, 5) is 4.71.